The van der Waals surface area contributed by atoms with Crippen LogP contribution in [0.2, 0.25) is 0 Å². The van der Waals surface area contributed by atoms with Crippen molar-refractivity contribution in [1.82, 2.24) is 0 Å². The molecule has 69 heavy (non-hydrogen) atoms. The van der Waals surface area contributed by atoms with Gasteiger partial charge in [0.15, 0.2) is 6.10 Å². The Kier molecular flexibility index (Phi) is 32.5. The second-order valence-electron chi connectivity index (χ2n) is 12.5. The van der Waals surface area contributed by atoms with Crippen LogP contribution in [0.4, 0.5) is 0 Å². The van der Waals surface area contributed by atoms with Crippen molar-refractivity contribution in [2.45, 2.75) is 13.0 Å². The van der Waals surface area contributed by atoms with Crippen LogP contribution in [0, 0.1) is 0 Å². The predicted octanol–water partition coefficient (Wildman–Crippen LogP) is 6.10. The topological polar surface area (TPSA) is 243 Å². The lowest BCUT2D eigenvalue weighted by atomic mass is 10.2. The van der Waals surface area contributed by atoms with Crippen LogP contribution in [0.5, 0.6) is 23.0 Å². The molecule has 0 amide bonds. The summed E-state index contributed by atoms with van der Waals surface area (Å²) in [5, 5.41) is 0. The van der Waals surface area contributed by atoms with Gasteiger partial charge in [-0.05, 0) is 96.6 Å². The van der Waals surface area contributed by atoms with E-state index in [0.717, 1.165) is 23.1 Å². The molecule has 0 radical (unpaired) electrons. The van der Waals surface area contributed by atoms with Gasteiger partial charge in [0.05, 0.1) is 73.1 Å². The summed E-state index contributed by atoms with van der Waals surface area (Å²) in [5.74, 6) is -0.279. The van der Waals surface area contributed by atoms with Gasteiger partial charge in [0.25, 0.3) is 0 Å². The first kappa shape index (κ1) is 60.8. The van der Waals surface area contributed by atoms with Crippen molar-refractivity contribution >= 4 is 47.9 Å². The number of esters is 7. The molecule has 0 N–H and O–H groups in total. The molecule has 1 saturated heterocycles. The summed E-state index contributed by atoms with van der Waals surface area (Å²) in [6, 6.07) is 26.7. The third kappa shape index (κ3) is 28.4. The van der Waals surface area contributed by atoms with E-state index in [1.54, 1.807) is 107 Å². The van der Waals surface area contributed by atoms with E-state index >= 15 is 0 Å². The molecule has 0 aliphatic carbocycles. The fraction of sp³-hybridized carbons (Fsp3) is 0.286. The number of carbonyl (C=O) groups excluding carboxylic acids is 7. The maximum absolute atomic E-state index is 11.2. The zero-order valence-electron chi connectivity index (χ0n) is 40.0. The Morgan fingerprint density at radius 2 is 0.870 bits per heavy atom. The minimum absolute atomic E-state index is 0.184. The highest BCUT2D eigenvalue weighted by molar-refractivity contribution is 5.90. The molecule has 4 aromatic rings. The van der Waals surface area contributed by atoms with E-state index in [9.17, 15) is 33.6 Å². The molecule has 1 aliphatic rings. The Morgan fingerprint density at radius 1 is 0.522 bits per heavy atom. The van der Waals surface area contributed by atoms with Crippen LogP contribution >= 0.6 is 0 Å². The molecule has 1 fully saturated rings. The molecule has 20 nitrogen and oxygen atoms in total. The minimum Gasteiger partial charge on any atom is -0.497 e. The zero-order chi connectivity index (χ0) is 52.0. The molecule has 1 unspecified atom stereocenters. The smallest absolute Gasteiger partial charge is 0.340 e. The monoisotopic (exact) mass is 966 g/mol. The van der Waals surface area contributed by atoms with Gasteiger partial charge in [-0.15, -0.1) is 0 Å². The number of methoxy groups -OCH3 is 8. The van der Waals surface area contributed by atoms with E-state index in [4.69, 9.17) is 28.4 Å². The minimum atomic E-state index is -0.559. The Morgan fingerprint density at radius 3 is 1.17 bits per heavy atom. The predicted molar refractivity (Wildman–Crippen MR) is 248 cm³/mol. The van der Waals surface area contributed by atoms with Crippen LogP contribution in [0.25, 0.3) is 6.08 Å². The summed E-state index contributed by atoms with van der Waals surface area (Å²) < 4.78 is 60.8. The fourth-order valence-electron chi connectivity index (χ4n) is 4.05. The molecule has 0 aromatic heterocycles. The van der Waals surface area contributed by atoms with Crippen molar-refractivity contribution in [3.63, 3.8) is 0 Å². The summed E-state index contributed by atoms with van der Waals surface area (Å²) in [4.78, 5) is 75.4. The lowest BCUT2D eigenvalue weighted by Gasteiger charge is -2.06. The van der Waals surface area contributed by atoms with Crippen LogP contribution < -0.4 is 18.9 Å². The maximum atomic E-state index is 11.2. The second kappa shape index (κ2) is 36.9. The standard InChI is InChI=1S/C12H12O6.C12H12O5.C11H12O3.C9H10O3.C3H6O2.C2H6O/c1-15-11(13)8-2-4-9(5-3-8)17-7-18-12(14)10-6-16-10;1-3-11(13)17-8-16-10-6-4-9(5-7-10)12(14)15-2;1-13-10-6-3-9(4-7-10)5-8-11(12)14-2;1-11-8-5-3-7(4-6-8)9(10)12-2;1-3(4)5-2;1-3-2/h2-5,10H,6-7H2,1H3;3-7H,1,8H2,2H3;3-8H,1-2H3;3-6H,1-2H3;1-2H3;1-2H3. The molecule has 0 saturated carbocycles. The average molecular weight is 967 g/mol. The van der Waals surface area contributed by atoms with Gasteiger partial charge in [-0.3, -0.25) is 4.79 Å². The number of hydrogen-bond donors (Lipinski definition) is 0. The van der Waals surface area contributed by atoms with Gasteiger partial charge < -0.3 is 61.6 Å². The summed E-state index contributed by atoms with van der Waals surface area (Å²) in [5.41, 5.74) is 2.30. The van der Waals surface area contributed by atoms with Crippen LogP contribution in [0.3, 0.4) is 0 Å². The highest BCUT2D eigenvalue weighted by atomic mass is 16.7. The van der Waals surface area contributed by atoms with Crippen LogP contribution in [0.15, 0.2) is 116 Å². The summed E-state index contributed by atoms with van der Waals surface area (Å²) >= 11 is 0. The van der Waals surface area contributed by atoms with E-state index in [1.165, 1.54) is 48.5 Å². The summed E-state index contributed by atoms with van der Waals surface area (Å²) in [6.45, 7) is 4.63. The van der Waals surface area contributed by atoms with Crippen LogP contribution in [-0.4, -0.2) is 132 Å². The Bertz CT molecular complexity index is 2160. The number of hydrogen-bond acceptors (Lipinski definition) is 20. The third-order valence-corrected chi connectivity index (χ3v) is 7.69. The quantitative estimate of drug-likeness (QED) is 0.0430. The number of carbonyl (C=O) groups is 7. The molecule has 4 aromatic carbocycles. The zero-order valence-corrected chi connectivity index (χ0v) is 40.0. The average Bonchev–Trinajstić information content (AvgIpc) is 4.25. The second-order valence-corrected chi connectivity index (χ2v) is 12.5. The van der Waals surface area contributed by atoms with E-state index in [1.807, 2.05) is 24.3 Å². The molecule has 1 heterocycles. The van der Waals surface area contributed by atoms with Crippen molar-refractivity contribution < 1.29 is 95.1 Å². The Labute approximate surface area is 400 Å². The molecule has 374 valence electrons. The lowest BCUT2D eigenvalue weighted by Crippen LogP contribution is -2.15. The molecule has 1 atom stereocenters. The Balaban J connectivity index is 0.000000855. The first-order valence-corrected chi connectivity index (χ1v) is 19.9. The summed E-state index contributed by atoms with van der Waals surface area (Å²) in [6.07, 6.45) is 3.67. The number of epoxide rings is 1. The van der Waals surface area contributed by atoms with Crippen molar-refractivity contribution in [2.24, 2.45) is 0 Å². The number of ether oxygens (including phenoxy) is 13. The van der Waals surface area contributed by atoms with Crippen molar-refractivity contribution in [1.29, 1.82) is 0 Å². The maximum Gasteiger partial charge on any atom is 0.340 e. The molecular formula is C49H58O20. The molecule has 20 heteroatoms. The van der Waals surface area contributed by atoms with E-state index in [-0.39, 0.29) is 31.5 Å². The highest BCUT2D eigenvalue weighted by Crippen LogP contribution is 2.16. The first-order chi connectivity index (χ1) is 33.1. The highest BCUT2D eigenvalue weighted by Gasteiger charge is 2.33. The van der Waals surface area contributed by atoms with Gasteiger partial charge in [0.1, 0.15) is 23.0 Å². The van der Waals surface area contributed by atoms with Crippen LogP contribution in [-0.2, 0) is 61.8 Å². The third-order valence-electron chi connectivity index (χ3n) is 7.69. The summed E-state index contributed by atoms with van der Waals surface area (Å²) in [7, 11) is 13.1. The van der Waals surface area contributed by atoms with Crippen LogP contribution in [0.1, 0.15) is 43.6 Å². The number of rotatable bonds is 15. The Hall–Kier alpha value is -8.23. The van der Waals surface area contributed by atoms with Crippen molar-refractivity contribution in [3.05, 3.63) is 138 Å². The van der Waals surface area contributed by atoms with Gasteiger partial charge in [0.2, 0.25) is 13.6 Å². The van der Waals surface area contributed by atoms with Gasteiger partial charge in [0, 0.05) is 33.3 Å². The molecule has 0 bridgehead atoms. The van der Waals surface area contributed by atoms with E-state index in [0.29, 0.717) is 34.8 Å². The van der Waals surface area contributed by atoms with Gasteiger partial charge >= 0.3 is 41.8 Å². The first-order valence-electron chi connectivity index (χ1n) is 19.9. The lowest BCUT2D eigenvalue weighted by molar-refractivity contribution is -0.151. The molecule has 5 rings (SSSR count). The normalized spacial score (nSPS) is 11.1. The largest absolute Gasteiger partial charge is 0.497 e. The van der Waals surface area contributed by atoms with E-state index < -0.39 is 30.0 Å². The molecular weight excluding hydrogens is 909 g/mol. The van der Waals surface area contributed by atoms with Gasteiger partial charge in [-0.25, -0.2) is 28.8 Å². The van der Waals surface area contributed by atoms with E-state index in [2.05, 4.69) is 39.7 Å². The number of benzene rings is 4. The van der Waals surface area contributed by atoms with Gasteiger partial charge in [-0.1, -0.05) is 18.7 Å². The SMILES string of the molecule is C=CC(=O)OCOc1ccc(C(=O)OC)cc1.COC.COC(=O)C=Cc1ccc(OC)cc1.COC(=O)c1ccc(OC)cc1.COC(=O)c1ccc(OCOC(=O)C2CO2)cc1.COC(C)=O. The van der Waals surface area contributed by atoms with Crippen molar-refractivity contribution in [3.8, 4) is 23.0 Å². The fourth-order valence-corrected chi connectivity index (χ4v) is 4.05. The van der Waals surface area contributed by atoms with Crippen molar-refractivity contribution in [2.75, 3.05) is 84.2 Å². The van der Waals surface area contributed by atoms with Gasteiger partial charge in [-0.2, -0.15) is 0 Å². The molecule has 1 aliphatic heterocycles. The molecule has 0 spiro atoms.